The van der Waals surface area contributed by atoms with Crippen molar-refractivity contribution in [2.24, 2.45) is 5.73 Å². The molecule has 1 aromatic carbocycles. The van der Waals surface area contributed by atoms with Crippen molar-refractivity contribution in [1.29, 1.82) is 0 Å². The van der Waals surface area contributed by atoms with Crippen LogP contribution in [-0.2, 0) is 10.0 Å². The number of hydrogen-bond donors (Lipinski definition) is 2. The van der Waals surface area contributed by atoms with Crippen LogP contribution in [0.3, 0.4) is 0 Å². The van der Waals surface area contributed by atoms with Crippen LogP contribution in [0.25, 0.3) is 0 Å². The zero-order chi connectivity index (χ0) is 16.3. The van der Waals surface area contributed by atoms with Gasteiger partial charge in [0.25, 0.3) is 0 Å². The summed E-state index contributed by atoms with van der Waals surface area (Å²) in [5.74, 6) is 0. The van der Waals surface area contributed by atoms with Gasteiger partial charge < -0.3 is 10.6 Å². The Morgan fingerprint density at radius 1 is 1.27 bits per heavy atom. The first-order valence-electron chi connectivity index (χ1n) is 6.90. The number of halogens is 2. The molecular formula is C14H25BrClN3O2S. The van der Waals surface area contributed by atoms with Gasteiger partial charge in [0.15, 0.2) is 0 Å². The maximum Gasteiger partial charge on any atom is 0.241 e. The van der Waals surface area contributed by atoms with Crippen molar-refractivity contribution >= 4 is 44.0 Å². The van der Waals surface area contributed by atoms with E-state index in [1.807, 2.05) is 38.9 Å². The number of benzene rings is 1. The van der Waals surface area contributed by atoms with Crippen molar-refractivity contribution in [2.75, 3.05) is 25.5 Å². The SMILES string of the molecule is CCC(N)(CC)CNS(=O)(=O)c1cc(N(C)C)ccc1Br.Cl. The van der Waals surface area contributed by atoms with E-state index in [1.54, 1.807) is 12.1 Å². The largest absolute Gasteiger partial charge is 0.378 e. The highest BCUT2D eigenvalue weighted by atomic mass is 79.9. The molecule has 0 amide bonds. The van der Waals surface area contributed by atoms with Gasteiger partial charge in [-0.25, -0.2) is 13.1 Å². The Labute approximate surface area is 148 Å². The number of nitrogens with one attached hydrogen (secondary N) is 1. The first kappa shape index (κ1) is 21.7. The average molecular weight is 415 g/mol. The van der Waals surface area contributed by atoms with Gasteiger partial charge in [0.05, 0.1) is 4.90 Å². The van der Waals surface area contributed by atoms with E-state index in [1.165, 1.54) is 0 Å². The van der Waals surface area contributed by atoms with Gasteiger partial charge in [0.2, 0.25) is 10.0 Å². The van der Waals surface area contributed by atoms with E-state index in [4.69, 9.17) is 5.73 Å². The van der Waals surface area contributed by atoms with E-state index in [0.29, 0.717) is 17.3 Å². The number of sulfonamides is 1. The summed E-state index contributed by atoms with van der Waals surface area (Å²) in [6, 6.07) is 5.23. The Bertz CT molecular complexity index is 590. The van der Waals surface area contributed by atoms with Crippen molar-refractivity contribution < 1.29 is 8.42 Å². The Balaban J connectivity index is 0.00000441. The minimum absolute atomic E-state index is 0. The third kappa shape index (κ3) is 5.38. The van der Waals surface area contributed by atoms with E-state index in [-0.39, 0.29) is 23.8 Å². The maximum absolute atomic E-state index is 12.5. The van der Waals surface area contributed by atoms with Gasteiger partial charge in [-0.1, -0.05) is 13.8 Å². The molecule has 0 saturated heterocycles. The molecule has 0 aliphatic carbocycles. The Kier molecular flexibility index (Phi) is 8.36. The molecule has 0 aliphatic heterocycles. The van der Waals surface area contributed by atoms with Crippen LogP contribution in [0.2, 0.25) is 0 Å². The van der Waals surface area contributed by atoms with E-state index in [2.05, 4.69) is 20.7 Å². The zero-order valence-corrected chi connectivity index (χ0v) is 16.6. The highest BCUT2D eigenvalue weighted by Crippen LogP contribution is 2.26. The van der Waals surface area contributed by atoms with E-state index >= 15 is 0 Å². The molecule has 0 aromatic heterocycles. The summed E-state index contributed by atoms with van der Waals surface area (Å²) >= 11 is 3.30. The Morgan fingerprint density at radius 3 is 2.27 bits per heavy atom. The quantitative estimate of drug-likeness (QED) is 0.719. The fourth-order valence-electron chi connectivity index (χ4n) is 1.79. The number of rotatable bonds is 7. The minimum Gasteiger partial charge on any atom is -0.378 e. The monoisotopic (exact) mass is 413 g/mol. The summed E-state index contributed by atoms with van der Waals surface area (Å²) in [6.45, 7) is 4.14. The molecule has 0 spiro atoms. The minimum atomic E-state index is -3.60. The molecule has 3 N–H and O–H groups in total. The number of hydrogen-bond acceptors (Lipinski definition) is 4. The lowest BCUT2D eigenvalue weighted by Crippen LogP contribution is -2.49. The highest BCUT2D eigenvalue weighted by Gasteiger charge is 2.25. The smallest absolute Gasteiger partial charge is 0.241 e. The molecule has 0 heterocycles. The first-order valence-corrected chi connectivity index (χ1v) is 9.18. The summed E-state index contributed by atoms with van der Waals surface area (Å²) in [5.41, 5.74) is 6.46. The van der Waals surface area contributed by atoms with Gasteiger partial charge in [-0.15, -0.1) is 12.4 Å². The second kappa shape index (κ2) is 8.49. The van der Waals surface area contributed by atoms with Crippen LogP contribution in [-0.4, -0.2) is 34.6 Å². The van der Waals surface area contributed by atoms with Gasteiger partial charge in [-0.3, -0.25) is 0 Å². The molecule has 0 bridgehead atoms. The van der Waals surface area contributed by atoms with Crippen LogP contribution in [0, 0.1) is 0 Å². The molecule has 128 valence electrons. The first-order chi connectivity index (χ1) is 9.65. The van der Waals surface area contributed by atoms with Gasteiger partial charge in [0, 0.05) is 36.3 Å². The fourth-order valence-corrected chi connectivity index (χ4v) is 3.91. The van der Waals surface area contributed by atoms with Crippen molar-refractivity contribution in [3.8, 4) is 0 Å². The van der Waals surface area contributed by atoms with Crippen LogP contribution in [0.1, 0.15) is 26.7 Å². The second-order valence-corrected chi connectivity index (χ2v) is 7.99. The normalized spacial score (nSPS) is 11.9. The third-order valence-electron chi connectivity index (χ3n) is 3.74. The van der Waals surface area contributed by atoms with E-state index < -0.39 is 15.6 Å². The molecule has 0 aliphatic rings. The van der Waals surface area contributed by atoms with Gasteiger partial charge in [-0.2, -0.15) is 0 Å². The van der Waals surface area contributed by atoms with Gasteiger partial charge >= 0.3 is 0 Å². The van der Waals surface area contributed by atoms with Crippen molar-refractivity contribution in [2.45, 2.75) is 37.1 Å². The van der Waals surface area contributed by atoms with Gasteiger partial charge in [0.1, 0.15) is 0 Å². The topological polar surface area (TPSA) is 75.4 Å². The molecule has 8 heteroatoms. The maximum atomic E-state index is 12.5. The molecule has 1 aromatic rings. The standard InChI is InChI=1S/C14H24BrN3O2S.ClH/c1-5-14(16,6-2)10-17-21(19,20)13-9-11(18(3)4)7-8-12(13)15;/h7-9,17H,5-6,10,16H2,1-4H3;1H. The molecule has 0 unspecified atom stereocenters. The Morgan fingerprint density at radius 2 is 1.82 bits per heavy atom. The van der Waals surface area contributed by atoms with Crippen molar-refractivity contribution in [1.82, 2.24) is 4.72 Å². The van der Waals surface area contributed by atoms with Crippen LogP contribution < -0.4 is 15.4 Å². The lowest BCUT2D eigenvalue weighted by atomic mass is 9.95. The van der Waals surface area contributed by atoms with Gasteiger partial charge in [-0.05, 0) is 47.0 Å². The summed E-state index contributed by atoms with van der Waals surface area (Å²) < 4.78 is 28.1. The summed E-state index contributed by atoms with van der Waals surface area (Å²) in [6.07, 6.45) is 1.43. The second-order valence-electron chi connectivity index (χ2n) is 5.40. The lowest BCUT2D eigenvalue weighted by Gasteiger charge is -2.27. The predicted octanol–water partition coefficient (Wildman–Crippen LogP) is 2.73. The van der Waals surface area contributed by atoms with E-state index in [0.717, 1.165) is 5.69 Å². The molecular weight excluding hydrogens is 390 g/mol. The highest BCUT2D eigenvalue weighted by molar-refractivity contribution is 9.10. The molecule has 1 rings (SSSR count). The fraction of sp³-hybridized carbons (Fsp3) is 0.571. The Hall–Kier alpha value is -0.340. The van der Waals surface area contributed by atoms with Crippen molar-refractivity contribution in [3.05, 3.63) is 22.7 Å². The zero-order valence-electron chi connectivity index (χ0n) is 13.4. The van der Waals surface area contributed by atoms with Crippen LogP contribution in [0.15, 0.2) is 27.6 Å². The number of anilines is 1. The third-order valence-corrected chi connectivity index (χ3v) is 6.14. The summed E-state index contributed by atoms with van der Waals surface area (Å²) in [5, 5.41) is 0. The van der Waals surface area contributed by atoms with Crippen LogP contribution >= 0.6 is 28.3 Å². The molecule has 0 atom stereocenters. The number of nitrogens with zero attached hydrogens (tertiary/aromatic N) is 1. The predicted molar refractivity (Wildman–Crippen MR) is 98.4 cm³/mol. The molecule has 0 fully saturated rings. The molecule has 0 radical (unpaired) electrons. The average Bonchev–Trinajstić information content (AvgIpc) is 2.45. The lowest BCUT2D eigenvalue weighted by molar-refractivity contribution is 0.391. The molecule has 22 heavy (non-hydrogen) atoms. The number of nitrogens with two attached hydrogens (primary N) is 1. The van der Waals surface area contributed by atoms with Crippen LogP contribution in [0.5, 0.6) is 0 Å². The van der Waals surface area contributed by atoms with Crippen molar-refractivity contribution in [3.63, 3.8) is 0 Å². The molecule has 5 nitrogen and oxygen atoms in total. The molecule has 0 saturated carbocycles. The van der Waals surface area contributed by atoms with Crippen LogP contribution in [0.4, 0.5) is 5.69 Å². The van der Waals surface area contributed by atoms with E-state index in [9.17, 15) is 8.42 Å². The summed E-state index contributed by atoms with van der Waals surface area (Å²) in [7, 11) is 0.131. The summed E-state index contributed by atoms with van der Waals surface area (Å²) in [4.78, 5) is 2.08.